The van der Waals surface area contributed by atoms with Crippen LogP contribution in [-0.4, -0.2) is 40.1 Å². The predicted octanol–water partition coefficient (Wildman–Crippen LogP) is 6.14. The van der Waals surface area contributed by atoms with E-state index in [1.807, 2.05) is 20.8 Å². The maximum atomic E-state index is 13.7. The van der Waals surface area contributed by atoms with Crippen molar-refractivity contribution < 1.29 is 35.7 Å². The Morgan fingerprint density at radius 1 is 1.05 bits per heavy atom. The molecule has 3 rings (SSSR count). The number of carboxylic acid groups (broad SMARTS) is 1. The monoisotopic (exact) mass is 568 g/mol. The first-order chi connectivity index (χ1) is 17.8. The van der Waals surface area contributed by atoms with Crippen molar-refractivity contribution in [2.75, 3.05) is 0 Å². The number of hydrogen-bond donors (Lipinski definition) is 1. The average molecular weight is 569 g/mol. The van der Waals surface area contributed by atoms with Crippen LogP contribution in [0.3, 0.4) is 0 Å². The molecule has 0 unspecified atom stereocenters. The van der Waals surface area contributed by atoms with Gasteiger partial charge in [0, 0.05) is 34.1 Å². The van der Waals surface area contributed by atoms with E-state index < -0.39 is 38.6 Å². The summed E-state index contributed by atoms with van der Waals surface area (Å²) in [6.45, 7) is 10.8. The molecule has 0 aliphatic rings. The summed E-state index contributed by atoms with van der Waals surface area (Å²) < 4.78 is 68.3. The number of nitrogens with zero attached hydrogens (tertiary/aromatic N) is 2. The van der Waals surface area contributed by atoms with Gasteiger partial charge in [-0.05, 0) is 57.4 Å². The molecule has 39 heavy (non-hydrogen) atoms. The molecule has 0 fully saturated rings. The summed E-state index contributed by atoms with van der Waals surface area (Å²) in [5.74, 6) is -0.650. The molecular formula is C27H31F3N2O6S. The standard InChI is InChI=1S/C27H31F3N2O6S/c1-16(2)14-31-22(15-32(25(34)35)26(4,5)6)23(18-9-7-17(3)8-10-18)21-13-19(11-12-20(21)24(31)33)38-39(36,37)27(28,29)30/h7-13,16H,14-15H2,1-6H3,(H,34,35). The Kier molecular flexibility index (Phi) is 8.12. The summed E-state index contributed by atoms with van der Waals surface area (Å²) in [6, 6.07) is 10.4. The van der Waals surface area contributed by atoms with Gasteiger partial charge in [0.2, 0.25) is 0 Å². The number of aryl methyl sites for hydroxylation is 1. The zero-order valence-electron chi connectivity index (χ0n) is 22.5. The Hall–Kier alpha value is -3.54. The Balaban J connectivity index is 2.48. The summed E-state index contributed by atoms with van der Waals surface area (Å²) in [4.78, 5) is 27.2. The molecule has 8 nitrogen and oxygen atoms in total. The van der Waals surface area contributed by atoms with E-state index in [-0.39, 0.29) is 29.8 Å². The molecule has 1 aromatic heterocycles. The number of pyridine rings is 1. The highest BCUT2D eigenvalue weighted by Gasteiger charge is 2.48. The third kappa shape index (κ3) is 6.38. The van der Waals surface area contributed by atoms with Crippen molar-refractivity contribution in [3.63, 3.8) is 0 Å². The fourth-order valence-corrected chi connectivity index (χ4v) is 4.66. The molecule has 0 saturated heterocycles. The molecular weight excluding hydrogens is 537 g/mol. The van der Waals surface area contributed by atoms with Crippen LogP contribution < -0.4 is 9.74 Å². The van der Waals surface area contributed by atoms with Gasteiger partial charge in [-0.3, -0.25) is 9.69 Å². The zero-order chi connectivity index (χ0) is 29.5. The largest absolute Gasteiger partial charge is 0.534 e. The molecule has 0 aliphatic carbocycles. The van der Waals surface area contributed by atoms with Crippen LogP contribution in [0, 0.1) is 12.8 Å². The van der Waals surface area contributed by atoms with Crippen molar-refractivity contribution in [2.24, 2.45) is 5.92 Å². The van der Waals surface area contributed by atoms with Crippen molar-refractivity contribution in [3.05, 3.63) is 64.1 Å². The SMILES string of the molecule is Cc1ccc(-c2c(CN(C(=O)O)C(C)(C)C)n(CC(C)C)c(=O)c3ccc(OS(=O)(=O)C(F)(F)F)cc23)cc1. The Bertz CT molecular complexity index is 1550. The van der Waals surface area contributed by atoms with E-state index in [1.54, 1.807) is 45.0 Å². The van der Waals surface area contributed by atoms with Gasteiger partial charge in [0.1, 0.15) is 5.75 Å². The summed E-state index contributed by atoms with van der Waals surface area (Å²) in [5.41, 5.74) is -4.82. The summed E-state index contributed by atoms with van der Waals surface area (Å²) >= 11 is 0. The van der Waals surface area contributed by atoms with Gasteiger partial charge in [-0.25, -0.2) is 4.79 Å². The Labute approximate surface area is 224 Å². The Morgan fingerprint density at radius 3 is 2.13 bits per heavy atom. The highest BCUT2D eigenvalue weighted by atomic mass is 32.2. The number of alkyl halides is 3. The average Bonchev–Trinajstić information content (AvgIpc) is 2.78. The maximum Gasteiger partial charge on any atom is 0.534 e. The third-order valence-electron chi connectivity index (χ3n) is 6.08. The quantitative estimate of drug-likeness (QED) is 0.271. The third-order valence-corrected chi connectivity index (χ3v) is 7.06. The molecule has 0 atom stereocenters. The highest BCUT2D eigenvalue weighted by Crippen LogP contribution is 2.36. The normalized spacial score (nSPS) is 12.7. The molecule has 0 aliphatic heterocycles. The molecule has 1 N–H and O–H groups in total. The molecule has 0 bridgehead atoms. The lowest BCUT2D eigenvalue weighted by molar-refractivity contribution is -0.0500. The van der Waals surface area contributed by atoms with Crippen LogP contribution in [0.2, 0.25) is 0 Å². The lowest BCUT2D eigenvalue weighted by Gasteiger charge is -2.35. The van der Waals surface area contributed by atoms with E-state index in [9.17, 15) is 36.3 Å². The van der Waals surface area contributed by atoms with Gasteiger partial charge in [-0.1, -0.05) is 43.7 Å². The van der Waals surface area contributed by atoms with Gasteiger partial charge in [-0.2, -0.15) is 21.6 Å². The number of halogens is 3. The number of amides is 1. The lowest BCUT2D eigenvalue weighted by Crippen LogP contribution is -2.45. The minimum absolute atomic E-state index is 0.0165. The molecule has 0 radical (unpaired) electrons. The van der Waals surface area contributed by atoms with Crippen LogP contribution >= 0.6 is 0 Å². The topological polar surface area (TPSA) is 106 Å². The first-order valence-electron chi connectivity index (χ1n) is 12.1. The van der Waals surface area contributed by atoms with Gasteiger partial charge in [0.25, 0.3) is 5.56 Å². The molecule has 12 heteroatoms. The first-order valence-corrected chi connectivity index (χ1v) is 13.5. The van der Waals surface area contributed by atoms with Crippen LogP contribution in [0.1, 0.15) is 45.9 Å². The van der Waals surface area contributed by atoms with E-state index in [4.69, 9.17) is 0 Å². The zero-order valence-corrected chi connectivity index (χ0v) is 23.3. The number of hydrogen-bond acceptors (Lipinski definition) is 5. The van der Waals surface area contributed by atoms with Crippen molar-refractivity contribution >= 4 is 27.0 Å². The second-order valence-corrected chi connectivity index (χ2v) is 12.3. The smallest absolute Gasteiger partial charge is 0.465 e. The van der Waals surface area contributed by atoms with Crippen LogP contribution in [0.5, 0.6) is 5.75 Å². The van der Waals surface area contributed by atoms with E-state index in [0.29, 0.717) is 16.8 Å². The fourth-order valence-electron chi connectivity index (χ4n) is 4.21. The minimum atomic E-state index is -5.97. The molecule has 1 heterocycles. The summed E-state index contributed by atoms with van der Waals surface area (Å²) in [7, 11) is -5.97. The van der Waals surface area contributed by atoms with E-state index >= 15 is 0 Å². The minimum Gasteiger partial charge on any atom is -0.465 e. The van der Waals surface area contributed by atoms with Gasteiger partial charge < -0.3 is 13.9 Å². The van der Waals surface area contributed by atoms with Crippen molar-refractivity contribution in [1.82, 2.24) is 9.47 Å². The lowest BCUT2D eigenvalue weighted by atomic mass is 9.94. The number of rotatable bonds is 7. The van der Waals surface area contributed by atoms with E-state index in [1.165, 1.54) is 10.6 Å². The van der Waals surface area contributed by atoms with Gasteiger partial charge in [0.05, 0.1) is 6.54 Å². The van der Waals surface area contributed by atoms with Crippen molar-refractivity contribution in [3.8, 4) is 16.9 Å². The van der Waals surface area contributed by atoms with Crippen molar-refractivity contribution in [2.45, 2.75) is 65.7 Å². The molecule has 1 amide bonds. The number of benzene rings is 2. The highest BCUT2D eigenvalue weighted by molar-refractivity contribution is 7.88. The Morgan fingerprint density at radius 2 is 1.64 bits per heavy atom. The van der Waals surface area contributed by atoms with Crippen LogP contribution in [-0.2, 0) is 23.2 Å². The molecule has 0 spiro atoms. The maximum absolute atomic E-state index is 13.7. The van der Waals surface area contributed by atoms with Gasteiger partial charge >= 0.3 is 21.7 Å². The molecule has 3 aromatic rings. The van der Waals surface area contributed by atoms with E-state index in [2.05, 4.69) is 4.18 Å². The van der Waals surface area contributed by atoms with Crippen LogP contribution in [0.4, 0.5) is 18.0 Å². The number of aromatic nitrogens is 1. The number of carbonyl (C=O) groups is 1. The van der Waals surface area contributed by atoms with Gasteiger partial charge in [-0.15, -0.1) is 0 Å². The van der Waals surface area contributed by atoms with Crippen molar-refractivity contribution in [1.29, 1.82) is 0 Å². The summed E-state index contributed by atoms with van der Waals surface area (Å²) in [6.07, 6.45) is -1.23. The molecule has 0 saturated carbocycles. The molecule has 2 aromatic carbocycles. The fraction of sp³-hybridized carbons (Fsp3) is 0.407. The van der Waals surface area contributed by atoms with Crippen LogP contribution in [0.25, 0.3) is 21.9 Å². The second kappa shape index (κ2) is 10.6. The predicted molar refractivity (Wildman–Crippen MR) is 142 cm³/mol. The molecule has 212 valence electrons. The van der Waals surface area contributed by atoms with E-state index in [0.717, 1.165) is 22.6 Å². The number of fused-ring (bicyclic) bond motifs is 1. The summed E-state index contributed by atoms with van der Waals surface area (Å²) in [5, 5.41) is 10.3. The second-order valence-electron chi connectivity index (χ2n) is 10.7. The van der Waals surface area contributed by atoms with Crippen LogP contribution in [0.15, 0.2) is 47.3 Å². The first kappa shape index (κ1) is 30.0. The van der Waals surface area contributed by atoms with Gasteiger partial charge in [0.15, 0.2) is 0 Å².